The third-order valence-corrected chi connectivity index (χ3v) is 2.53. The van der Waals surface area contributed by atoms with Crippen molar-refractivity contribution in [2.75, 3.05) is 6.54 Å². The van der Waals surface area contributed by atoms with E-state index in [2.05, 4.69) is 5.10 Å². The van der Waals surface area contributed by atoms with E-state index in [1.165, 1.54) is 4.90 Å². The van der Waals surface area contributed by atoms with Crippen molar-refractivity contribution in [3.05, 3.63) is 17.5 Å². The molecule has 94 valence electrons. The summed E-state index contributed by atoms with van der Waals surface area (Å²) in [5.41, 5.74) is 1.18. The number of rotatable bonds is 6. The Balaban J connectivity index is 3.12. The summed E-state index contributed by atoms with van der Waals surface area (Å²) < 4.78 is 1.55. The lowest BCUT2D eigenvalue weighted by atomic mass is 10.1. The average Bonchev–Trinajstić information content (AvgIpc) is 2.56. The number of carbonyl (C=O) groups is 2. The molecule has 0 bridgehead atoms. The molecule has 0 spiro atoms. The molecule has 1 atom stereocenters. The molecule has 6 heteroatoms. The van der Waals surface area contributed by atoms with Gasteiger partial charge in [0.2, 0.25) is 6.41 Å². The van der Waals surface area contributed by atoms with Gasteiger partial charge in [-0.05, 0) is 13.3 Å². The molecule has 0 radical (unpaired) electrons. The minimum atomic E-state index is -1.04. The molecule has 0 saturated carbocycles. The molecule has 1 amide bonds. The smallest absolute Gasteiger partial charge is 0.331 e. The number of aliphatic carboxylic acids is 1. The quantitative estimate of drug-likeness (QED) is 0.742. The van der Waals surface area contributed by atoms with Crippen LogP contribution in [0.25, 0.3) is 0 Å². The molecule has 0 aliphatic rings. The maximum Gasteiger partial charge on any atom is 0.331 e. The van der Waals surface area contributed by atoms with Crippen LogP contribution in [0.15, 0.2) is 6.20 Å². The number of hydrogen-bond donors (Lipinski definition) is 1. The molecule has 1 N–H and O–H groups in total. The van der Waals surface area contributed by atoms with Crippen molar-refractivity contribution in [2.24, 2.45) is 7.05 Å². The summed E-state index contributed by atoms with van der Waals surface area (Å²) in [6, 6.07) is -0.957. The van der Waals surface area contributed by atoms with E-state index in [4.69, 9.17) is 0 Å². The first-order valence-corrected chi connectivity index (χ1v) is 5.45. The number of carboxylic acids is 1. The zero-order chi connectivity index (χ0) is 13.0. The van der Waals surface area contributed by atoms with Gasteiger partial charge in [0, 0.05) is 25.4 Å². The van der Waals surface area contributed by atoms with Crippen molar-refractivity contribution in [2.45, 2.75) is 26.3 Å². The standard InChI is InChI=1S/C11H17N3O3/c1-4-5-14(7-15)10(11(16)17)9-6-13(3)12-8(9)2/h6-7,10H,4-5H2,1-3H3,(H,16,17). The zero-order valence-corrected chi connectivity index (χ0v) is 10.3. The van der Waals surface area contributed by atoms with Crippen LogP contribution >= 0.6 is 0 Å². The van der Waals surface area contributed by atoms with Crippen molar-refractivity contribution in [1.29, 1.82) is 0 Å². The van der Waals surface area contributed by atoms with Gasteiger partial charge in [-0.25, -0.2) is 4.79 Å². The second-order valence-corrected chi connectivity index (χ2v) is 3.93. The maximum absolute atomic E-state index is 11.3. The summed E-state index contributed by atoms with van der Waals surface area (Å²) in [7, 11) is 1.72. The lowest BCUT2D eigenvalue weighted by Crippen LogP contribution is -2.34. The molecule has 1 aromatic rings. The summed E-state index contributed by atoms with van der Waals surface area (Å²) in [6.45, 7) is 4.04. The van der Waals surface area contributed by atoms with Gasteiger partial charge in [0.1, 0.15) is 0 Å². The second kappa shape index (κ2) is 5.47. The maximum atomic E-state index is 11.3. The van der Waals surface area contributed by atoms with Crippen LogP contribution in [-0.4, -0.2) is 38.7 Å². The Morgan fingerprint density at radius 3 is 2.71 bits per heavy atom. The van der Waals surface area contributed by atoms with E-state index in [1.807, 2.05) is 6.92 Å². The first kappa shape index (κ1) is 13.2. The molecule has 1 aromatic heterocycles. The van der Waals surface area contributed by atoms with Gasteiger partial charge in [0.25, 0.3) is 0 Å². The predicted molar refractivity (Wildman–Crippen MR) is 61.4 cm³/mol. The van der Waals surface area contributed by atoms with Gasteiger partial charge in [-0.3, -0.25) is 9.48 Å². The van der Waals surface area contributed by atoms with Gasteiger partial charge in [-0.15, -0.1) is 0 Å². The third-order valence-electron chi connectivity index (χ3n) is 2.53. The highest BCUT2D eigenvalue weighted by Crippen LogP contribution is 2.22. The molecule has 0 aromatic carbocycles. The monoisotopic (exact) mass is 239 g/mol. The van der Waals surface area contributed by atoms with Crippen LogP contribution in [0.5, 0.6) is 0 Å². The average molecular weight is 239 g/mol. The topological polar surface area (TPSA) is 75.4 Å². The number of carbonyl (C=O) groups excluding carboxylic acids is 1. The van der Waals surface area contributed by atoms with Crippen LogP contribution < -0.4 is 0 Å². The Morgan fingerprint density at radius 2 is 2.35 bits per heavy atom. The second-order valence-electron chi connectivity index (χ2n) is 3.93. The lowest BCUT2D eigenvalue weighted by molar-refractivity contribution is -0.146. The summed E-state index contributed by atoms with van der Waals surface area (Å²) in [4.78, 5) is 23.6. The van der Waals surface area contributed by atoms with Crippen molar-refractivity contribution < 1.29 is 14.7 Å². The van der Waals surface area contributed by atoms with Crippen molar-refractivity contribution in [1.82, 2.24) is 14.7 Å². The Labute approximate surface area is 99.8 Å². The van der Waals surface area contributed by atoms with Crippen LogP contribution in [0.4, 0.5) is 0 Å². The minimum absolute atomic E-state index is 0.412. The molecule has 0 saturated heterocycles. The van der Waals surface area contributed by atoms with Crippen molar-refractivity contribution in [3.63, 3.8) is 0 Å². The molecule has 6 nitrogen and oxygen atoms in total. The van der Waals surface area contributed by atoms with Gasteiger partial charge in [-0.2, -0.15) is 5.10 Å². The van der Waals surface area contributed by atoms with Gasteiger partial charge < -0.3 is 10.0 Å². The van der Waals surface area contributed by atoms with E-state index < -0.39 is 12.0 Å². The van der Waals surface area contributed by atoms with Crippen LogP contribution in [-0.2, 0) is 16.6 Å². The highest BCUT2D eigenvalue weighted by Gasteiger charge is 2.28. The minimum Gasteiger partial charge on any atom is -0.479 e. The Kier molecular flexibility index (Phi) is 4.25. The molecular formula is C11H17N3O3. The predicted octanol–water partition coefficient (Wildman–Crippen LogP) is 0.723. The fourth-order valence-electron chi connectivity index (χ4n) is 1.84. The largest absolute Gasteiger partial charge is 0.479 e. The van der Waals surface area contributed by atoms with E-state index in [-0.39, 0.29) is 0 Å². The number of carboxylic acid groups (broad SMARTS) is 1. The first-order valence-electron chi connectivity index (χ1n) is 5.45. The van der Waals surface area contributed by atoms with E-state index in [9.17, 15) is 14.7 Å². The Hall–Kier alpha value is -1.85. The SMILES string of the molecule is CCCN(C=O)C(C(=O)O)c1cn(C)nc1C. The van der Waals surface area contributed by atoms with Crippen LogP contribution in [0.2, 0.25) is 0 Å². The highest BCUT2D eigenvalue weighted by molar-refractivity contribution is 5.78. The van der Waals surface area contributed by atoms with Gasteiger partial charge in [-0.1, -0.05) is 6.92 Å². The van der Waals surface area contributed by atoms with Crippen LogP contribution in [0.3, 0.4) is 0 Å². The highest BCUT2D eigenvalue weighted by atomic mass is 16.4. The number of nitrogens with zero attached hydrogens (tertiary/aromatic N) is 3. The molecule has 0 fully saturated rings. The van der Waals surface area contributed by atoms with E-state index >= 15 is 0 Å². The molecule has 0 aliphatic carbocycles. The third kappa shape index (κ3) is 2.83. The molecule has 1 heterocycles. The molecule has 0 aliphatic heterocycles. The van der Waals surface area contributed by atoms with Gasteiger partial charge >= 0.3 is 5.97 Å². The number of aryl methyl sites for hydroxylation is 2. The Bertz CT molecular complexity index is 414. The summed E-state index contributed by atoms with van der Waals surface area (Å²) in [5.74, 6) is -1.04. The Morgan fingerprint density at radius 1 is 1.71 bits per heavy atom. The summed E-state index contributed by atoms with van der Waals surface area (Å²) in [6.07, 6.45) is 2.93. The van der Waals surface area contributed by atoms with E-state index in [0.29, 0.717) is 30.6 Å². The molecular weight excluding hydrogens is 222 g/mol. The molecule has 17 heavy (non-hydrogen) atoms. The summed E-state index contributed by atoms with van der Waals surface area (Å²) >= 11 is 0. The molecule has 1 unspecified atom stereocenters. The van der Waals surface area contributed by atoms with Crippen LogP contribution in [0, 0.1) is 6.92 Å². The molecule has 1 rings (SSSR count). The van der Waals surface area contributed by atoms with Gasteiger partial charge in [0.05, 0.1) is 5.69 Å². The summed E-state index contributed by atoms with van der Waals surface area (Å²) in [5, 5.41) is 13.4. The van der Waals surface area contributed by atoms with Crippen molar-refractivity contribution in [3.8, 4) is 0 Å². The number of amides is 1. The fourth-order valence-corrected chi connectivity index (χ4v) is 1.84. The van der Waals surface area contributed by atoms with E-state index in [1.54, 1.807) is 24.9 Å². The number of hydrogen-bond acceptors (Lipinski definition) is 3. The zero-order valence-electron chi connectivity index (χ0n) is 10.3. The lowest BCUT2D eigenvalue weighted by Gasteiger charge is -2.24. The first-order chi connectivity index (χ1) is 8.01. The van der Waals surface area contributed by atoms with E-state index in [0.717, 1.165) is 0 Å². The van der Waals surface area contributed by atoms with Crippen molar-refractivity contribution >= 4 is 12.4 Å². The number of aromatic nitrogens is 2. The van der Waals surface area contributed by atoms with Gasteiger partial charge in [0.15, 0.2) is 6.04 Å². The fraction of sp³-hybridized carbons (Fsp3) is 0.545. The normalized spacial score (nSPS) is 12.2. The van der Waals surface area contributed by atoms with Crippen LogP contribution in [0.1, 0.15) is 30.6 Å².